The Morgan fingerprint density at radius 2 is 1.80 bits per heavy atom. The number of carbonyl (C=O) groups is 2. The van der Waals surface area contributed by atoms with Gasteiger partial charge in [0, 0.05) is 25.3 Å². The first-order valence-electron chi connectivity index (χ1n) is 13.1. The van der Waals surface area contributed by atoms with Crippen LogP contribution in [-0.2, 0) is 5.60 Å². The molecule has 1 aliphatic carbocycles. The highest BCUT2D eigenvalue weighted by Gasteiger charge is 2.38. The van der Waals surface area contributed by atoms with E-state index in [1.54, 1.807) is 6.07 Å². The number of piperidine rings is 1. The fraction of sp³-hybridized carbons (Fsp3) is 0.357. The van der Waals surface area contributed by atoms with Crippen LogP contribution >= 0.6 is 0 Å². The normalized spacial score (nSPS) is 21.6. The minimum absolute atomic E-state index is 0.0673. The molecule has 6 N–H and O–H groups in total. The van der Waals surface area contributed by atoms with E-state index in [4.69, 9.17) is 10.8 Å². The molecule has 3 atom stereocenters. The van der Waals surface area contributed by atoms with E-state index in [0.29, 0.717) is 25.1 Å². The monoisotopic (exact) mass is 570 g/mol. The lowest BCUT2D eigenvalue weighted by Gasteiger charge is -2.42. The molecule has 3 aromatic rings. The van der Waals surface area contributed by atoms with Crippen LogP contribution in [-0.4, -0.2) is 57.4 Å². The largest absolute Gasteiger partial charge is 0.465 e. The van der Waals surface area contributed by atoms with Crippen molar-refractivity contribution in [3.8, 4) is 11.3 Å². The number of aromatic nitrogens is 2. The molecule has 41 heavy (non-hydrogen) atoms. The zero-order valence-corrected chi connectivity index (χ0v) is 22.1. The highest BCUT2D eigenvalue weighted by atomic mass is 19.1. The third-order valence-electron chi connectivity index (χ3n) is 7.77. The molecular weight excluding hydrogens is 541 g/mol. The topological polar surface area (TPSA) is 154 Å². The molecule has 2 amide bonds. The number of aliphatic hydroxyl groups is 1. The molecular formula is C28H29F3N6O4. The summed E-state index contributed by atoms with van der Waals surface area (Å²) >= 11 is 0. The molecule has 3 heterocycles. The summed E-state index contributed by atoms with van der Waals surface area (Å²) in [6, 6.07) is 4.58. The summed E-state index contributed by atoms with van der Waals surface area (Å²) in [5.41, 5.74) is 4.12. The zero-order valence-electron chi connectivity index (χ0n) is 22.1. The Bertz CT molecular complexity index is 1470. The van der Waals surface area contributed by atoms with Crippen LogP contribution < -0.4 is 21.3 Å². The second-order valence-electron chi connectivity index (χ2n) is 10.6. The van der Waals surface area contributed by atoms with Crippen LogP contribution in [0.5, 0.6) is 0 Å². The molecule has 1 aromatic carbocycles. The van der Waals surface area contributed by atoms with Gasteiger partial charge in [-0.1, -0.05) is 6.92 Å². The van der Waals surface area contributed by atoms with Crippen molar-refractivity contribution in [1.82, 2.24) is 15.3 Å². The number of nitrogens with two attached hydrogens (primary N) is 1. The van der Waals surface area contributed by atoms with Crippen molar-refractivity contribution < 1.29 is 33.0 Å². The Balaban J connectivity index is 1.39. The summed E-state index contributed by atoms with van der Waals surface area (Å²) in [4.78, 5) is 34.2. The molecule has 2 aromatic heterocycles. The van der Waals surface area contributed by atoms with Gasteiger partial charge in [0.1, 0.15) is 28.8 Å². The van der Waals surface area contributed by atoms with Crippen molar-refractivity contribution >= 4 is 23.4 Å². The van der Waals surface area contributed by atoms with Crippen LogP contribution in [0.1, 0.15) is 42.2 Å². The Morgan fingerprint density at radius 1 is 1.10 bits per heavy atom. The summed E-state index contributed by atoms with van der Waals surface area (Å²) in [5.74, 6) is -4.18. The van der Waals surface area contributed by atoms with Crippen LogP contribution in [0, 0.1) is 23.4 Å². The Hall–Kier alpha value is -4.23. The van der Waals surface area contributed by atoms with Gasteiger partial charge in [-0.15, -0.1) is 0 Å². The van der Waals surface area contributed by atoms with Gasteiger partial charge in [0.15, 0.2) is 0 Å². The molecule has 1 saturated carbocycles. The lowest BCUT2D eigenvalue weighted by Crippen LogP contribution is -2.61. The number of hydrogen-bond donors (Lipinski definition) is 5. The lowest BCUT2D eigenvalue weighted by atomic mass is 9.75. The number of carboxylic acid groups (broad SMARTS) is 1. The number of nitrogens with one attached hydrogen (secondary N) is 2. The summed E-state index contributed by atoms with van der Waals surface area (Å²) in [7, 11) is 0. The second kappa shape index (κ2) is 11.0. The molecule has 1 aliphatic heterocycles. The number of amides is 2. The van der Waals surface area contributed by atoms with Crippen LogP contribution in [0.4, 0.5) is 29.3 Å². The Labute approximate surface area is 233 Å². The maximum absolute atomic E-state index is 15.0. The summed E-state index contributed by atoms with van der Waals surface area (Å²) in [6.07, 6.45) is 3.21. The number of carbonyl (C=O) groups excluding carboxylic acids is 1. The van der Waals surface area contributed by atoms with Crippen molar-refractivity contribution in [2.75, 3.05) is 23.3 Å². The molecule has 10 nitrogen and oxygen atoms in total. The SMILES string of the molecule is C[C@H]1CN(c2ccncc2NC(=O)c2ccc(F)c(-c3c(F)cc(C4(O)CCC4)cc3F)n2)C[C@@H](N)[C@H]1NC(=O)O. The highest BCUT2D eigenvalue weighted by molar-refractivity contribution is 6.04. The molecule has 0 bridgehead atoms. The number of benzene rings is 1. The molecule has 0 spiro atoms. The molecule has 216 valence electrons. The van der Waals surface area contributed by atoms with E-state index >= 15 is 8.78 Å². The molecule has 2 aliphatic rings. The van der Waals surface area contributed by atoms with Gasteiger partial charge in [-0.05, 0) is 61.1 Å². The predicted octanol–water partition coefficient (Wildman–Crippen LogP) is 3.60. The molecule has 2 fully saturated rings. The lowest BCUT2D eigenvalue weighted by molar-refractivity contribution is -0.0392. The van der Waals surface area contributed by atoms with Gasteiger partial charge in [0.25, 0.3) is 5.91 Å². The van der Waals surface area contributed by atoms with Crippen LogP contribution in [0.15, 0.2) is 42.7 Å². The number of nitrogens with zero attached hydrogens (tertiary/aromatic N) is 3. The van der Waals surface area contributed by atoms with Crippen LogP contribution in [0.25, 0.3) is 11.3 Å². The number of halogens is 3. The second-order valence-corrected chi connectivity index (χ2v) is 10.6. The highest BCUT2D eigenvalue weighted by Crippen LogP contribution is 2.43. The number of rotatable bonds is 6. The van der Waals surface area contributed by atoms with Crippen molar-refractivity contribution in [3.05, 3.63) is 71.4 Å². The first-order valence-corrected chi connectivity index (χ1v) is 13.1. The maximum atomic E-state index is 15.0. The van der Waals surface area contributed by atoms with Gasteiger partial charge in [-0.25, -0.2) is 22.9 Å². The average molecular weight is 571 g/mol. The summed E-state index contributed by atoms with van der Waals surface area (Å²) < 4.78 is 44.9. The van der Waals surface area contributed by atoms with E-state index in [1.807, 2.05) is 11.8 Å². The summed E-state index contributed by atoms with van der Waals surface area (Å²) in [6.45, 7) is 2.56. The quantitative estimate of drug-likeness (QED) is 0.301. The Morgan fingerprint density at radius 3 is 2.41 bits per heavy atom. The maximum Gasteiger partial charge on any atom is 0.404 e. The number of pyridine rings is 2. The van der Waals surface area contributed by atoms with Gasteiger partial charge >= 0.3 is 6.09 Å². The van der Waals surface area contributed by atoms with Crippen molar-refractivity contribution in [2.45, 2.75) is 43.9 Å². The van der Waals surface area contributed by atoms with E-state index in [-0.39, 0.29) is 29.4 Å². The standard InChI is InChI=1S/C28H29F3N6O4/c1-14-12-37(13-19(32)24(14)36-27(39)40)22-5-8-33-11-21(22)35-26(38)20-4-3-16(29)25(34-20)23-17(30)9-15(10-18(23)31)28(41)6-2-7-28/h3-5,8-11,14,19,24,36,41H,2,6-7,12-13,32H2,1H3,(H,35,38)(H,39,40)/t14-,19+,24-/m0/s1. The van der Waals surface area contributed by atoms with Gasteiger partial charge < -0.3 is 31.5 Å². The molecule has 5 rings (SSSR count). The molecule has 0 unspecified atom stereocenters. The molecule has 1 saturated heterocycles. The van der Waals surface area contributed by atoms with Crippen molar-refractivity contribution in [3.63, 3.8) is 0 Å². The molecule has 0 radical (unpaired) electrons. The van der Waals surface area contributed by atoms with E-state index in [2.05, 4.69) is 20.6 Å². The number of hydrogen-bond acceptors (Lipinski definition) is 7. The fourth-order valence-corrected chi connectivity index (χ4v) is 5.47. The first kappa shape index (κ1) is 28.3. The van der Waals surface area contributed by atoms with Gasteiger partial charge in [-0.3, -0.25) is 9.78 Å². The number of anilines is 2. The van der Waals surface area contributed by atoms with E-state index in [0.717, 1.165) is 30.7 Å². The van der Waals surface area contributed by atoms with Gasteiger partial charge in [0.2, 0.25) is 0 Å². The Kier molecular flexibility index (Phi) is 7.58. The van der Waals surface area contributed by atoms with E-state index in [1.165, 1.54) is 12.4 Å². The fourth-order valence-electron chi connectivity index (χ4n) is 5.47. The predicted molar refractivity (Wildman–Crippen MR) is 144 cm³/mol. The summed E-state index contributed by atoms with van der Waals surface area (Å²) in [5, 5.41) is 24.7. The average Bonchev–Trinajstić information content (AvgIpc) is 2.90. The van der Waals surface area contributed by atoms with Crippen molar-refractivity contribution in [1.29, 1.82) is 0 Å². The minimum atomic E-state index is -1.32. The first-order chi connectivity index (χ1) is 19.5. The van der Waals surface area contributed by atoms with Crippen LogP contribution in [0.2, 0.25) is 0 Å². The third kappa shape index (κ3) is 5.55. The van der Waals surface area contributed by atoms with Crippen molar-refractivity contribution in [2.24, 2.45) is 11.7 Å². The molecule has 13 heteroatoms. The van der Waals surface area contributed by atoms with Gasteiger partial charge in [-0.2, -0.15) is 0 Å². The van der Waals surface area contributed by atoms with E-state index < -0.39 is 58.4 Å². The minimum Gasteiger partial charge on any atom is -0.465 e. The van der Waals surface area contributed by atoms with Gasteiger partial charge in [0.05, 0.1) is 34.8 Å². The third-order valence-corrected chi connectivity index (χ3v) is 7.77. The smallest absolute Gasteiger partial charge is 0.404 e. The zero-order chi connectivity index (χ0) is 29.5. The van der Waals surface area contributed by atoms with E-state index in [9.17, 15) is 19.1 Å². The van der Waals surface area contributed by atoms with Crippen LogP contribution in [0.3, 0.4) is 0 Å².